The second-order valence-electron chi connectivity index (χ2n) is 11.2. The highest BCUT2D eigenvalue weighted by Crippen LogP contribution is 2.50. The summed E-state index contributed by atoms with van der Waals surface area (Å²) in [6.45, 7) is 4.68. The van der Waals surface area contributed by atoms with Crippen LogP contribution in [0.1, 0.15) is 25.0 Å². The average Bonchev–Trinajstić information content (AvgIpc) is 3.25. The van der Waals surface area contributed by atoms with Gasteiger partial charge in [0.2, 0.25) is 0 Å². The average molecular weight is 593 g/mol. The fourth-order valence-electron chi connectivity index (χ4n) is 6.20. The van der Waals surface area contributed by atoms with Crippen molar-refractivity contribution in [3.05, 3.63) is 161 Å². The van der Waals surface area contributed by atoms with E-state index in [0.29, 0.717) is 0 Å². The molecule has 0 spiro atoms. The molecule has 0 atom stereocenters. The molecule has 0 fully saturated rings. The first-order chi connectivity index (χ1) is 20.0. The first-order valence-corrected chi connectivity index (χ1v) is 14.8. The van der Waals surface area contributed by atoms with E-state index in [1.165, 1.54) is 50.2 Å². The van der Waals surface area contributed by atoms with E-state index in [-0.39, 0.29) is 5.41 Å². The first-order valence-electron chi connectivity index (χ1n) is 14.1. The van der Waals surface area contributed by atoms with Crippen molar-refractivity contribution in [2.24, 2.45) is 0 Å². The summed E-state index contributed by atoms with van der Waals surface area (Å²) >= 11 is 3.68. The molecular formula is C39H30BrN. The van der Waals surface area contributed by atoms with Crippen LogP contribution in [0.2, 0.25) is 0 Å². The minimum Gasteiger partial charge on any atom is -0.310 e. The van der Waals surface area contributed by atoms with Crippen LogP contribution in [0.3, 0.4) is 0 Å². The second-order valence-corrected chi connectivity index (χ2v) is 12.0. The monoisotopic (exact) mass is 591 g/mol. The Morgan fingerprint density at radius 2 is 0.951 bits per heavy atom. The van der Waals surface area contributed by atoms with Crippen LogP contribution in [0, 0.1) is 0 Å². The molecule has 0 unspecified atom stereocenters. The van der Waals surface area contributed by atoms with Crippen LogP contribution >= 0.6 is 15.9 Å². The molecule has 0 bridgehead atoms. The Balaban J connectivity index is 1.25. The third kappa shape index (κ3) is 4.49. The van der Waals surface area contributed by atoms with Gasteiger partial charge in [0, 0.05) is 26.9 Å². The van der Waals surface area contributed by atoms with Gasteiger partial charge in [-0.25, -0.2) is 0 Å². The van der Waals surface area contributed by atoms with Crippen LogP contribution < -0.4 is 4.90 Å². The van der Waals surface area contributed by atoms with Gasteiger partial charge >= 0.3 is 0 Å². The summed E-state index contributed by atoms with van der Waals surface area (Å²) in [7, 11) is 0. The van der Waals surface area contributed by atoms with Gasteiger partial charge in [-0.15, -0.1) is 0 Å². The molecule has 198 valence electrons. The molecule has 6 aromatic rings. The van der Waals surface area contributed by atoms with E-state index in [2.05, 4.69) is 174 Å². The fourth-order valence-corrected chi connectivity index (χ4v) is 6.71. The van der Waals surface area contributed by atoms with Crippen molar-refractivity contribution >= 4 is 33.0 Å². The molecule has 0 aromatic heterocycles. The maximum absolute atomic E-state index is 3.68. The molecule has 41 heavy (non-hydrogen) atoms. The zero-order valence-corrected chi connectivity index (χ0v) is 24.8. The quantitative estimate of drug-likeness (QED) is 0.193. The molecule has 0 radical (unpaired) electrons. The molecule has 0 heterocycles. The van der Waals surface area contributed by atoms with Crippen LogP contribution in [-0.4, -0.2) is 0 Å². The SMILES string of the molecule is CC1(C)c2ccccc2-c2ccc(N(c3ccccc3)c3ccc(-c4ccc(-c5ccccc5Br)cc4)cc3)cc21. The van der Waals surface area contributed by atoms with E-state index >= 15 is 0 Å². The van der Waals surface area contributed by atoms with Gasteiger partial charge < -0.3 is 4.90 Å². The van der Waals surface area contributed by atoms with Crippen molar-refractivity contribution in [2.75, 3.05) is 4.90 Å². The zero-order valence-electron chi connectivity index (χ0n) is 23.2. The molecule has 0 aliphatic heterocycles. The highest BCUT2D eigenvalue weighted by molar-refractivity contribution is 9.10. The highest BCUT2D eigenvalue weighted by atomic mass is 79.9. The summed E-state index contributed by atoms with van der Waals surface area (Å²) in [4.78, 5) is 2.36. The molecule has 0 N–H and O–H groups in total. The van der Waals surface area contributed by atoms with Crippen molar-refractivity contribution in [3.63, 3.8) is 0 Å². The minimum atomic E-state index is -0.0460. The molecule has 0 saturated carbocycles. The fraction of sp³-hybridized carbons (Fsp3) is 0.0769. The smallest absolute Gasteiger partial charge is 0.0465 e. The Morgan fingerprint density at radius 1 is 0.439 bits per heavy atom. The van der Waals surface area contributed by atoms with Crippen molar-refractivity contribution < 1.29 is 0 Å². The molecule has 7 rings (SSSR count). The third-order valence-corrected chi connectivity index (χ3v) is 9.06. The molecule has 6 aromatic carbocycles. The Morgan fingerprint density at radius 3 is 1.66 bits per heavy atom. The van der Waals surface area contributed by atoms with E-state index in [4.69, 9.17) is 0 Å². The van der Waals surface area contributed by atoms with Crippen molar-refractivity contribution in [3.8, 4) is 33.4 Å². The predicted molar refractivity (Wildman–Crippen MR) is 177 cm³/mol. The standard InChI is InChI=1S/C39H30BrN/c1-39(2)36-14-8-6-13-34(36)35-25-24-32(26-37(35)39)41(30-10-4-3-5-11-30)31-22-20-28(21-23-31)27-16-18-29(19-17-27)33-12-7-9-15-38(33)40/h3-26H,1-2H3. The molecule has 2 heteroatoms. The number of para-hydroxylation sites is 1. The van der Waals surface area contributed by atoms with Gasteiger partial charge in [-0.3, -0.25) is 0 Å². The maximum Gasteiger partial charge on any atom is 0.0465 e. The van der Waals surface area contributed by atoms with Crippen molar-refractivity contribution in [2.45, 2.75) is 19.3 Å². The van der Waals surface area contributed by atoms with Gasteiger partial charge in [0.15, 0.2) is 0 Å². The van der Waals surface area contributed by atoms with Gasteiger partial charge in [-0.1, -0.05) is 133 Å². The second kappa shape index (κ2) is 10.2. The van der Waals surface area contributed by atoms with Crippen molar-refractivity contribution in [1.29, 1.82) is 0 Å². The number of halogens is 1. The largest absolute Gasteiger partial charge is 0.310 e. The lowest BCUT2D eigenvalue weighted by Gasteiger charge is -2.28. The number of hydrogen-bond acceptors (Lipinski definition) is 1. The van der Waals surface area contributed by atoms with Crippen LogP contribution in [0.5, 0.6) is 0 Å². The Kier molecular flexibility index (Phi) is 6.37. The van der Waals surface area contributed by atoms with Gasteiger partial charge in [-0.2, -0.15) is 0 Å². The van der Waals surface area contributed by atoms with Crippen LogP contribution in [0.15, 0.2) is 150 Å². The predicted octanol–water partition coefficient (Wildman–Crippen LogP) is 11.6. The topological polar surface area (TPSA) is 3.24 Å². The maximum atomic E-state index is 3.68. The number of nitrogens with zero attached hydrogens (tertiary/aromatic N) is 1. The van der Waals surface area contributed by atoms with Crippen LogP contribution in [0.25, 0.3) is 33.4 Å². The molecule has 1 nitrogen and oxygen atoms in total. The number of anilines is 3. The van der Waals surface area contributed by atoms with E-state index in [1.807, 2.05) is 6.07 Å². The van der Waals surface area contributed by atoms with Crippen LogP contribution in [-0.2, 0) is 5.41 Å². The number of fused-ring (bicyclic) bond motifs is 3. The van der Waals surface area contributed by atoms with Gasteiger partial charge in [0.25, 0.3) is 0 Å². The number of hydrogen-bond donors (Lipinski definition) is 0. The summed E-state index contributed by atoms with van der Waals surface area (Å²) in [5, 5.41) is 0. The summed E-state index contributed by atoms with van der Waals surface area (Å²) < 4.78 is 1.11. The van der Waals surface area contributed by atoms with Gasteiger partial charge in [0.05, 0.1) is 0 Å². The summed E-state index contributed by atoms with van der Waals surface area (Å²) in [6.07, 6.45) is 0. The third-order valence-electron chi connectivity index (χ3n) is 8.37. The van der Waals surface area contributed by atoms with E-state index in [0.717, 1.165) is 15.8 Å². The molecular weight excluding hydrogens is 562 g/mol. The van der Waals surface area contributed by atoms with Crippen LogP contribution in [0.4, 0.5) is 17.1 Å². The molecule has 1 aliphatic rings. The summed E-state index contributed by atoms with van der Waals surface area (Å²) in [5.41, 5.74) is 13.7. The lowest BCUT2D eigenvalue weighted by molar-refractivity contribution is 0.660. The summed E-state index contributed by atoms with van der Waals surface area (Å²) in [6, 6.07) is 52.5. The Hall–Kier alpha value is -4.40. The molecule has 1 aliphatic carbocycles. The molecule has 0 saturated heterocycles. The Labute approximate surface area is 250 Å². The Bertz CT molecular complexity index is 1850. The zero-order chi connectivity index (χ0) is 28.0. The normalized spacial score (nSPS) is 13.0. The van der Waals surface area contributed by atoms with E-state index in [1.54, 1.807) is 0 Å². The van der Waals surface area contributed by atoms with E-state index in [9.17, 15) is 0 Å². The lowest BCUT2D eigenvalue weighted by Crippen LogP contribution is -2.16. The first kappa shape index (κ1) is 25.6. The van der Waals surface area contributed by atoms with Gasteiger partial charge in [0.1, 0.15) is 0 Å². The van der Waals surface area contributed by atoms with Gasteiger partial charge in [-0.05, 0) is 87.0 Å². The van der Waals surface area contributed by atoms with Crippen molar-refractivity contribution in [1.82, 2.24) is 0 Å². The number of benzene rings is 6. The minimum absolute atomic E-state index is 0.0460. The highest BCUT2D eigenvalue weighted by Gasteiger charge is 2.35. The summed E-state index contributed by atoms with van der Waals surface area (Å²) in [5.74, 6) is 0. The van der Waals surface area contributed by atoms with E-state index < -0.39 is 0 Å². The molecule has 0 amide bonds. The lowest BCUT2D eigenvalue weighted by atomic mass is 9.82. The number of rotatable bonds is 5.